The molecule has 2 aromatic carbocycles. The molecule has 0 unspecified atom stereocenters. The van der Waals surface area contributed by atoms with Gasteiger partial charge in [0, 0.05) is 38.1 Å². The number of hydrogen-bond donors (Lipinski definition) is 1. The van der Waals surface area contributed by atoms with Gasteiger partial charge in [0.25, 0.3) is 5.91 Å². The van der Waals surface area contributed by atoms with E-state index in [2.05, 4.69) is 27.1 Å². The predicted molar refractivity (Wildman–Crippen MR) is 115 cm³/mol. The molecule has 1 aromatic heterocycles. The molecule has 0 bridgehead atoms. The Kier molecular flexibility index (Phi) is 5.72. The number of pyridine rings is 1. The van der Waals surface area contributed by atoms with Crippen LogP contribution in [-0.2, 0) is 0 Å². The summed E-state index contributed by atoms with van der Waals surface area (Å²) in [5.41, 5.74) is 2.01. The van der Waals surface area contributed by atoms with Crippen LogP contribution in [0.3, 0.4) is 0 Å². The van der Waals surface area contributed by atoms with E-state index in [1.165, 1.54) is 0 Å². The van der Waals surface area contributed by atoms with Crippen LogP contribution in [0, 0.1) is 0 Å². The molecule has 0 spiro atoms. The van der Waals surface area contributed by atoms with E-state index in [1.807, 2.05) is 66.7 Å². The summed E-state index contributed by atoms with van der Waals surface area (Å²) >= 11 is 0. The Labute approximate surface area is 170 Å². The minimum atomic E-state index is -0.259. The SMILES string of the molecule is CN1CCN(c2ccnc(C(=O)Nc3ccccc3Oc3ccccc3)c2)CC1. The molecule has 4 rings (SSSR count). The largest absolute Gasteiger partial charge is 0.455 e. The highest BCUT2D eigenvalue weighted by atomic mass is 16.5. The Bertz CT molecular complexity index is 969. The third-order valence-electron chi connectivity index (χ3n) is 4.95. The summed E-state index contributed by atoms with van der Waals surface area (Å²) in [4.78, 5) is 21.7. The summed E-state index contributed by atoms with van der Waals surface area (Å²) in [6.45, 7) is 3.90. The van der Waals surface area contributed by atoms with E-state index in [0.29, 0.717) is 22.9 Å². The molecule has 1 N–H and O–H groups in total. The zero-order valence-electron chi connectivity index (χ0n) is 16.4. The molecule has 1 fully saturated rings. The van der Waals surface area contributed by atoms with Crippen molar-refractivity contribution >= 4 is 17.3 Å². The smallest absolute Gasteiger partial charge is 0.274 e. The van der Waals surface area contributed by atoms with Gasteiger partial charge in [-0.15, -0.1) is 0 Å². The highest BCUT2D eigenvalue weighted by Crippen LogP contribution is 2.29. The highest BCUT2D eigenvalue weighted by Gasteiger charge is 2.17. The van der Waals surface area contributed by atoms with Crippen LogP contribution in [-0.4, -0.2) is 49.0 Å². The summed E-state index contributed by atoms with van der Waals surface area (Å²) in [5, 5.41) is 2.93. The van der Waals surface area contributed by atoms with Crippen molar-refractivity contribution in [3.63, 3.8) is 0 Å². The van der Waals surface area contributed by atoms with Crippen molar-refractivity contribution in [3.05, 3.63) is 78.6 Å². The molecule has 6 nitrogen and oxygen atoms in total. The summed E-state index contributed by atoms with van der Waals surface area (Å²) in [5.74, 6) is 1.04. The first kappa shape index (κ1) is 19.0. The zero-order chi connectivity index (χ0) is 20.1. The maximum Gasteiger partial charge on any atom is 0.274 e. The number of piperazine rings is 1. The highest BCUT2D eigenvalue weighted by molar-refractivity contribution is 6.04. The van der Waals surface area contributed by atoms with E-state index in [0.717, 1.165) is 31.9 Å². The first-order chi connectivity index (χ1) is 14.2. The zero-order valence-corrected chi connectivity index (χ0v) is 16.4. The number of anilines is 2. The van der Waals surface area contributed by atoms with E-state index in [-0.39, 0.29) is 5.91 Å². The number of nitrogens with zero attached hydrogens (tertiary/aromatic N) is 3. The molecule has 29 heavy (non-hydrogen) atoms. The Morgan fingerprint density at radius 3 is 2.48 bits per heavy atom. The number of carbonyl (C=O) groups excluding carboxylic acids is 1. The van der Waals surface area contributed by atoms with Gasteiger partial charge in [0.2, 0.25) is 0 Å². The van der Waals surface area contributed by atoms with Crippen molar-refractivity contribution in [1.29, 1.82) is 0 Å². The van der Waals surface area contributed by atoms with E-state index in [4.69, 9.17) is 4.74 Å². The minimum absolute atomic E-state index is 0.259. The fourth-order valence-corrected chi connectivity index (χ4v) is 3.27. The quantitative estimate of drug-likeness (QED) is 0.719. The normalized spacial score (nSPS) is 14.4. The third-order valence-corrected chi connectivity index (χ3v) is 4.95. The molecular formula is C23H24N4O2. The van der Waals surface area contributed by atoms with E-state index < -0.39 is 0 Å². The molecule has 0 saturated carbocycles. The number of nitrogens with one attached hydrogen (secondary N) is 1. The molecule has 1 aliphatic heterocycles. The lowest BCUT2D eigenvalue weighted by Gasteiger charge is -2.34. The number of likely N-dealkylation sites (N-methyl/N-ethyl adjacent to an activating group) is 1. The Morgan fingerprint density at radius 2 is 1.69 bits per heavy atom. The monoisotopic (exact) mass is 388 g/mol. The lowest BCUT2D eigenvalue weighted by Crippen LogP contribution is -2.44. The van der Waals surface area contributed by atoms with E-state index in [9.17, 15) is 4.79 Å². The fourth-order valence-electron chi connectivity index (χ4n) is 3.27. The van der Waals surface area contributed by atoms with Crippen molar-refractivity contribution < 1.29 is 9.53 Å². The summed E-state index contributed by atoms with van der Waals surface area (Å²) < 4.78 is 5.93. The number of hydrogen-bond acceptors (Lipinski definition) is 5. The van der Waals surface area contributed by atoms with Gasteiger partial charge in [-0.25, -0.2) is 0 Å². The van der Waals surface area contributed by atoms with Crippen molar-refractivity contribution in [2.75, 3.05) is 43.4 Å². The number of benzene rings is 2. The van der Waals surface area contributed by atoms with Gasteiger partial charge in [-0.05, 0) is 43.4 Å². The van der Waals surface area contributed by atoms with E-state index in [1.54, 1.807) is 6.20 Å². The second-order valence-corrected chi connectivity index (χ2v) is 7.06. The Morgan fingerprint density at radius 1 is 0.966 bits per heavy atom. The van der Waals surface area contributed by atoms with Crippen LogP contribution in [0.25, 0.3) is 0 Å². The Balaban J connectivity index is 1.49. The third kappa shape index (κ3) is 4.73. The molecular weight excluding hydrogens is 364 g/mol. The number of aromatic nitrogens is 1. The van der Waals surface area contributed by atoms with Crippen molar-refractivity contribution in [2.45, 2.75) is 0 Å². The van der Waals surface area contributed by atoms with Gasteiger partial charge in [-0.2, -0.15) is 0 Å². The second-order valence-electron chi connectivity index (χ2n) is 7.06. The van der Waals surface area contributed by atoms with Crippen LogP contribution in [0.15, 0.2) is 72.9 Å². The topological polar surface area (TPSA) is 57.7 Å². The maximum absolute atomic E-state index is 12.8. The van der Waals surface area contributed by atoms with Crippen LogP contribution in [0.5, 0.6) is 11.5 Å². The second kappa shape index (κ2) is 8.75. The number of amides is 1. The summed E-state index contributed by atoms with van der Waals surface area (Å²) in [6.07, 6.45) is 1.69. The molecule has 1 amide bonds. The predicted octanol–water partition coefficient (Wildman–Crippen LogP) is 3.88. The molecule has 0 aliphatic carbocycles. The average molecular weight is 388 g/mol. The number of rotatable bonds is 5. The van der Waals surface area contributed by atoms with Crippen LogP contribution >= 0.6 is 0 Å². The van der Waals surface area contributed by atoms with Gasteiger partial charge in [-0.3, -0.25) is 9.78 Å². The van der Waals surface area contributed by atoms with Gasteiger partial charge < -0.3 is 19.9 Å². The van der Waals surface area contributed by atoms with Crippen LogP contribution in [0.4, 0.5) is 11.4 Å². The molecule has 1 saturated heterocycles. The molecule has 3 aromatic rings. The molecule has 148 valence electrons. The minimum Gasteiger partial charge on any atom is -0.455 e. The van der Waals surface area contributed by atoms with Crippen LogP contribution < -0.4 is 15.0 Å². The van der Waals surface area contributed by atoms with Crippen LogP contribution in [0.1, 0.15) is 10.5 Å². The van der Waals surface area contributed by atoms with Crippen molar-refractivity contribution in [2.24, 2.45) is 0 Å². The first-order valence-corrected chi connectivity index (χ1v) is 9.72. The van der Waals surface area contributed by atoms with Gasteiger partial charge in [0.05, 0.1) is 5.69 Å². The van der Waals surface area contributed by atoms with Gasteiger partial charge in [0.15, 0.2) is 5.75 Å². The molecule has 0 atom stereocenters. The number of carbonyl (C=O) groups is 1. The number of para-hydroxylation sites is 3. The number of ether oxygens (including phenoxy) is 1. The molecule has 1 aliphatic rings. The van der Waals surface area contributed by atoms with E-state index >= 15 is 0 Å². The molecule has 6 heteroatoms. The lowest BCUT2D eigenvalue weighted by molar-refractivity contribution is 0.102. The first-order valence-electron chi connectivity index (χ1n) is 9.72. The summed E-state index contributed by atoms with van der Waals surface area (Å²) in [6, 6.07) is 20.7. The molecule has 0 radical (unpaired) electrons. The molecule has 2 heterocycles. The summed E-state index contributed by atoms with van der Waals surface area (Å²) in [7, 11) is 2.12. The fraction of sp³-hybridized carbons (Fsp3) is 0.217. The maximum atomic E-state index is 12.8. The standard InChI is InChI=1S/C23H24N4O2/c1-26-13-15-27(16-14-26)18-11-12-24-21(17-18)23(28)25-20-9-5-6-10-22(20)29-19-7-3-2-4-8-19/h2-12,17H,13-16H2,1H3,(H,25,28). The Hall–Kier alpha value is -3.38. The van der Waals surface area contributed by atoms with Crippen LogP contribution in [0.2, 0.25) is 0 Å². The van der Waals surface area contributed by atoms with Gasteiger partial charge >= 0.3 is 0 Å². The lowest BCUT2D eigenvalue weighted by atomic mass is 10.2. The van der Waals surface area contributed by atoms with Crippen molar-refractivity contribution in [1.82, 2.24) is 9.88 Å². The van der Waals surface area contributed by atoms with Gasteiger partial charge in [-0.1, -0.05) is 30.3 Å². The van der Waals surface area contributed by atoms with Crippen molar-refractivity contribution in [3.8, 4) is 11.5 Å². The average Bonchev–Trinajstić information content (AvgIpc) is 2.76. The van der Waals surface area contributed by atoms with Gasteiger partial charge in [0.1, 0.15) is 11.4 Å².